The van der Waals surface area contributed by atoms with Crippen LogP contribution in [0.2, 0.25) is 0 Å². The molecule has 2 rings (SSSR count). The molecule has 2 amide bonds. The van der Waals surface area contributed by atoms with Crippen molar-refractivity contribution >= 4 is 17.4 Å². The van der Waals surface area contributed by atoms with Gasteiger partial charge in [0.15, 0.2) is 0 Å². The molecule has 114 valence electrons. The van der Waals surface area contributed by atoms with E-state index in [1.165, 1.54) is 5.69 Å². The van der Waals surface area contributed by atoms with Gasteiger partial charge in [-0.2, -0.15) is 0 Å². The lowest BCUT2D eigenvalue weighted by molar-refractivity contribution is 0.255. The van der Waals surface area contributed by atoms with E-state index in [1.807, 2.05) is 26.0 Å². The van der Waals surface area contributed by atoms with Crippen molar-refractivity contribution in [2.75, 3.05) is 43.4 Å². The van der Waals surface area contributed by atoms with Crippen LogP contribution in [-0.4, -0.2) is 44.2 Å². The van der Waals surface area contributed by atoms with Crippen molar-refractivity contribution in [3.63, 3.8) is 0 Å². The fourth-order valence-corrected chi connectivity index (χ4v) is 2.20. The van der Waals surface area contributed by atoms with Gasteiger partial charge in [0.25, 0.3) is 0 Å². The molecule has 0 radical (unpaired) electrons. The maximum Gasteiger partial charge on any atom is 0.323 e. The number of allylic oxidation sites excluding steroid dienone is 1. The molecule has 0 unspecified atom stereocenters. The molecular weight excluding hydrogens is 264 g/mol. The molecule has 1 fully saturated rings. The zero-order chi connectivity index (χ0) is 15.2. The Kier molecular flexibility index (Phi) is 5.22. The number of nitrogens with zero attached hydrogens (tertiary/aromatic N) is 2. The molecule has 0 atom stereocenters. The highest BCUT2D eigenvalue weighted by atomic mass is 16.2. The number of urea groups is 1. The summed E-state index contributed by atoms with van der Waals surface area (Å²) in [6.45, 7) is 8.14. The lowest BCUT2D eigenvalue weighted by atomic mass is 10.2. The summed E-state index contributed by atoms with van der Waals surface area (Å²) in [7, 11) is 2.15. The number of piperazine rings is 1. The molecule has 1 aliphatic heterocycles. The smallest absolute Gasteiger partial charge is 0.323 e. The molecule has 1 saturated heterocycles. The molecule has 5 heteroatoms. The summed E-state index contributed by atoms with van der Waals surface area (Å²) in [6, 6.07) is 7.78. The van der Waals surface area contributed by atoms with Crippen LogP contribution >= 0.6 is 0 Å². The summed E-state index contributed by atoms with van der Waals surface area (Å²) >= 11 is 0. The van der Waals surface area contributed by atoms with Crippen LogP contribution in [0, 0.1) is 0 Å². The number of nitrogens with one attached hydrogen (secondary N) is 2. The zero-order valence-electron chi connectivity index (χ0n) is 13.0. The van der Waals surface area contributed by atoms with Crippen LogP contribution < -0.4 is 15.5 Å². The highest BCUT2D eigenvalue weighted by molar-refractivity contribution is 5.90. The summed E-state index contributed by atoms with van der Waals surface area (Å²) in [4.78, 5) is 16.4. The maximum atomic E-state index is 11.7. The topological polar surface area (TPSA) is 47.6 Å². The average Bonchev–Trinajstić information content (AvgIpc) is 2.47. The minimum atomic E-state index is -0.219. The van der Waals surface area contributed by atoms with E-state index >= 15 is 0 Å². The van der Waals surface area contributed by atoms with Crippen LogP contribution in [0.4, 0.5) is 16.2 Å². The minimum Gasteiger partial charge on any atom is -0.369 e. The first-order chi connectivity index (χ1) is 10.0. The molecule has 5 nitrogen and oxygen atoms in total. The standard InChI is InChI=1S/C16H24N4O/c1-13(2)12-17-16(21)18-14-4-6-15(7-5-14)20-10-8-19(3)9-11-20/h4-7,12H,8-11H2,1-3H3,(H2,17,18,21). The number of amides is 2. The van der Waals surface area contributed by atoms with Gasteiger partial charge < -0.3 is 20.4 Å². The molecule has 1 aromatic rings. The Morgan fingerprint density at radius 2 is 1.71 bits per heavy atom. The van der Waals surface area contributed by atoms with E-state index in [2.05, 4.69) is 39.6 Å². The van der Waals surface area contributed by atoms with E-state index in [0.717, 1.165) is 37.4 Å². The Bertz CT molecular complexity index is 498. The predicted octanol–water partition coefficient (Wildman–Crippen LogP) is 2.48. The van der Waals surface area contributed by atoms with Crippen LogP contribution in [0.25, 0.3) is 0 Å². The molecule has 0 aliphatic carbocycles. The second-order valence-corrected chi connectivity index (χ2v) is 5.66. The van der Waals surface area contributed by atoms with Crippen LogP contribution in [0.1, 0.15) is 13.8 Å². The Balaban J connectivity index is 1.90. The van der Waals surface area contributed by atoms with E-state index in [9.17, 15) is 4.79 Å². The first kappa shape index (κ1) is 15.4. The Hall–Kier alpha value is -2.01. The minimum absolute atomic E-state index is 0.219. The van der Waals surface area contributed by atoms with E-state index in [0.29, 0.717) is 0 Å². The number of carbonyl (C=O) groups excluding carboxylic acids is 1. The maximum absolute atomic E-state index is 11.7. The predicted molar refractivity (Wildman–Crippen MR) is 87.7 cm³/mol. The second kappa shape index (κ2) is 7.13. The number of anilines is 2. The molecule has 21 heavy (non-hydrogen) atoms. The average molecular weight is 288 g/mol. The van der Waals surface area contributed by atoms with Crippen LogP contribution in [-0.2, 0) is 0 Å². The SMILES string of the molecule is CC(C)=CNC(=O)Nc1ccc(N2CCN(C)CC2)cc1. The molecule has 1 heterocycles. The van der Waals surface area contributed by atoms with E-state index in [-0.39, 0.29) is 6.03 Å². The highest BCUT2D eigenvalue weighted by Crippen LogP contribution is 2.19. The van der Waals surface area contributed by atoms with E-state index in [1.54, 1.807) is 6.20 Å². The second-order valence-electron chi connectivity index (χ2n) is 5.66. The van der Waals surface area contributed by atoms with Crippen LogP contribution in [0.3, 0.4) is 0 Å². The summed E-state index contributed by atoms with van der Waals surface area (Å²) in [5.41, 5.74) is 3.06. The van der Waals surface area contributed by atoms with Gasteiger partial charge in [-0.15, -0.1) is 0 Å². The van der Waals surface area contributed by atoms with Crippen molar-refractivity contribution in [3.05, 3.63) is 36.0 Å². The Morgan fingerprint density at radius 1 is 1.10 bits per heavy atom. The van der Waals surface area contributed by atoms with Crippen molar-refractivity contribution in [1.82, 2.24) is 10.2 Å². The summed E-state index contributed by atoms with van der Waals surface area (Å²) in [5, 5.41) is 5.50. The lowest BCUT2D eigenvalue weighted by Gasteiger charge is -2.34. The number of benzene rings is 1. The first-order valence-electron chi connectivity index (χ1n) is 7.29. The third kappa shape index (κ3) is 4.79. The number of rotatable bonds is 3. The molecule has 2 N–H and O–H groups in total. The van der Waals surface area contributed by atoms with Crippen LogP contribution in [0.5, 0.6) is 0 Å². The first-order valence-corrected chi connectivity index (χ1v) is 7.29. The normalized spacial score (nSPS) is 15.5. The number of hydrogen-bond acceptors (Lipinski definition) is 3. The van der Waals surface area contributed by atoms with Crippen molar-refractivity contribution in [3.8, 4) is 0 Å². The third-order valence-electron chi connectivity index (χ3n) is 3.49. The fourth-order valence-electron chi connectivity index (χ4n) is 2.20. The number of carbonyl (C=O) groups is 1. The van der Waals surface area contributed by atoms with Gasteiger partial charge in [0.1, 0.15) is 0 Å². The number of hydrogen-bond donors (Lipinski definition) is 2. The van der Waals surface area contributed by atoms with E-state index < -0.39 is 0 Å². The van der Waals surface area contributed by atoms with Crippen molar-refractivity contribution in [2.24, 2.45) is 0 Å². The van der Waals surface area contributed by atoms with Gasteiger partial charge in [-0.1, -0.05) is 5.57 Å². The van der Waals surface area contributed by atoms with Gasteiger partial charge in [0, 0.05) is 43.8 Å². The number of likely N-dealkylation sites (N-methyl/N-ethyl adjacent to an activating group) is 1. The quantitative estimate of drug-likeness (QED) is 0.898. The van der Waals surface area contributed by atoms with Crippen LogP contribution in [0.15, 0.2) is 36.0 Å². The van der Waals surface area contributed by atoms with Gasteiger partial charge in [0.2, 0.25) is 0 Å². The largest absolute Gasteiger partial charge is 0.369 e. The van der Waals surface area contributed by atoms with Crippen molar-refractivity contribution in [2.45, 2.75) is 13.8 Å². The van der Waals surface area contributed by atoms with Crippen molar-refractivity contribution < 1.29 is 4.79 Å². The molecule has 0 aromatic heterocycles. The Labute approximate surface area is 126 Å². The Morgan fingerprint density at radius 3 is 2.29 bits per heavy atom. The summed E-state index contributed by atoms with van der Waals surface area (Å²) in [5.74, 6) is 0. The monoisotopic (exact) mass is 288 g/mol. The third-order valence-corrected chi connectivity index (χ3v) is 3.49. The molecule has 1 aliphatic rings. The lowest BCUT2D eigenvalue weighted by Crippen LogP contribution is -2.44. The summed E-state index contributed by atoms with van der Waals surface area (Å²) in [6.07, 6.45) is 1.69. The molecular formula is C16H24N4O. The van der Waals surface area contributed by atoms with Gasteiger partial charge in [-0.25, -0.2) is 4.79 Å². The molecule has 0 saturated carbocycles. The van der Waals surface area contributed by atoms with E-state index in [4.69, 9.17) is 0 Å². The van der Waals surface area contributed by atoms with Gasteiger partial charge >= 0.3 is 6.03 Å². The summed E-state index contributed by atoms with van der Waals surface area (Å²) < 4.78 is 0. The van der Waals surface area contributed by atoms with Gasteiger partial charge in [-0.05, 0) is 45.2 Å². The van der Waals surface area contributed by atoms with Crippen molar-refractivity contribution in [1.29, 1.82) is 0 Å². The van der Waals surface area contributed by atoms with Gasteiger partial charge in [0.05, 0.1) is 0 Å². The fraction of sp³-hybridized carbons (Fsp3) is 0.438. The molecule has 0 spiro atoms. The van der Waals surface area contributed by atoms with Gasteiger partial charge in [-0.3, -0.25) is 0 Å². The highest BCUT2D eigenvalue weighted by Gasteiger charge is 2.13. The molecule has 0 bridgehead atoms. The molecule has 1 aromatic carbocycles. The zero-order valence-corrected chi connectivity index (χ0v) is 13.0.